The molecule has 0 aliphatic rings. The molecule has 0 amide bonds. The van der Waals surface area contributed by atoms with E-state index in [0.29, 0.717) is 10.3 Å². The van der Waals surface area contributed by atoms with Gasteiger partial charge in [0, 0.05) is 19.4 Å². The summed E-state index contributed by atoms with van der Waals surface area (Å²) in [5, 5.41) is 0.851. The maximum Gasteiger partial charge on any atom is 0.0273 e. The highest BCUT2D eigenvalue weighted by molar-refractivity contribution is 7.61. The van der Waals surface area contributed by atoms with E-state index in [0.717, 1.165) is 6.16 Å². The van der Waals surface area contributed by atoms with E-state index in [2.05, 4.69) is 52.7 Å². The summed E-state index contributed by atoms with van der Waals surface area (Å²) in [4.78, 5) is 4.09. The first-order valence-electron chi connectivity index (χ1n) is 4.88. The second-order valence-corrected chi connectivity index (χ2v) is 9.30. The maximum atomic E-state index is 4.09. The van der Waals surface area contributed by atoms with E-state index in [4.69, 9.17) is 0 Å². The first kappa shape index (κ1) is 13.1. The standard InChI is InChI=1S/C11H24NP/c1-10(2,3)13(9-8-12-7)11(4,5)6/h8H,9H2,1-7H3. The molecule has 0 radical (unpaired) electrons. The molecule has 0 N–H and O–H groups in total. The van der Waals surface area contributed by atoms with Crippen molar-refractivity contribution in [2.45, 2.75) is 51.9 Å². The Morgan fingerprint density at radius 3 is 1.62 bits per heavy atom. The summed E-state index contributed by atoms with van der Waals surface area (Å²) in [5.41, 5.74) is 0. The van der Waals surface area contributed by atoms with E-state index in [1.165, 1.54) is 0 Å². The highest BCUT2D eigenvalue weighted by Crippen LogP contribution is 2.58. The Labute approximate surface area is 84.8 Å². The predicted molar refractivity (Wildman–Crippen MR) is 65.7 cm³/mol. The van der Waals surface area contributed by atoms with Gasteiger partial charge in [0.15, 0.2) is 0 Å². The fraction of sp³-hybridized carbons (Fsp3) is 0.909. The van der Waals surface area contributed by atoms with E-state index in [-0.39, 0.29) is 7.92 Å². The lowest BCUT2D eigenvalue weighted by atomic mass is 10.2. The van der Waals surface area contributed by atoms with Gasteiger partial charge in [-0.2, -0.15) is 0 Å². The Morgan fingerprint density at radius 1 is 1.00 bits per heavy atom. The van der Waals surface area contributed by atoms with Crippen LogP contribution in [0.3, 0.4) is 0 Å². The van der Waals surface area contributed by atoms with Crippen LogP contribution in [0.5, 0.6) is 0 Å². The largest absolute Gasteiger partial charge is 0.300 e. The van der Waals surface area contributed by atoms with Crippen LogP contribution in [-0.2, 0) is 0 Å². The van der Waals surface area contributed by atoms with Gasteiger partial charge < -0.3 is 4.99 Å². The predicted octanol–water partition coefficient (Wildman–Crippen LogP) is 3.77. The fourth-order valence-corrected chi connectivity index (χ4v) is 5.15. The average molecular weight is 201 g/mol. The molecule has 0 aromatic carbocycles. The van der Waals surface area contributed by atoms with Crippen molar-refractivity contribution in [1.82, 2.24) is 0 Å². The molecule has 0 aliphatic carbocycles. The molecule has 0 fully saturated rings. The SMILES string of the molecule is CN=CCP(C(C)(C)C)C(C)(C)C. The van der Waals surface area contributed by atoms with Gasteiger partial charge in [-0.3, -0.25) is 0 Å². The lowest BCUT2D eigenvalue weighted by molar-refractivity contribution is 0.709. The van der Waals surface area contributed by atoms with Crippen LogP contribution >= 0.6 is 7.92 Å². The minimum Gasteiger partial charge on any atom is -0.300 e. The first-order valence-corrected chi connectivity index (χ1v) is 6.40. The van der Waals surface area contributed by atoms with Crippen molar-refractivity contribution in [2.75, 3.05) is 13.2 Å². The average Bonchev–Trinajstić information content (AvgIpc) is 1.81. The summed E-state index contributed by atoms with van der Waals surface area (Å²) in [7, 11) is 1.86. The summed E-state index contributed by atoms with van der Waals surface area (Å²) in [6.07, 6.45) is 3.22. The Hall–Kier alpha value is 0.100. The third-order valence-electron chi connectivity index (χ3n) is 2.07. The van der Waals surface area contributed by atoms with Crippen LogP contribution in [0.15, 0.2) is 4.99 Å². The summed E-state index contributed by atoms with van der Waals surface area (Å²) >= 11 is 0. The van der Waals surface area contributed by atoms with Crippen molar-refractivity contribution < 1.29 is 0 Å². The van der Waals surface area contributed by atoms with Gasteiger partial charge in [-0.15, -0.1) is 0 Å². The van der Waals surface area contributed by atoms with Crippen molar-refractivity contribution in [2.24, 2.45) is 4.99 Å². The molecule has 2 heteroatoms. The minimum absolute atomic E-state index is 0.00206. The highest BCUT2D eigenvalue weighted by Gasteiger charge is 2.32. The summed E-state index contributed by atoms with van der Waals surface area (Å²) in [6, 6.07) is 0. The zero-order chi connectivity index (χ0) is 10.7. The lowest BCUT2D eigenvalue weighted by Gasteiger charge is -2.40. The van der Waals surface area contributed by atoms with Gasteiger partial charge in [0.25, 0.3) is 0 Å². The van der Waals surface area contributed by atoms with Gasteiger partial charge in [0.1, 0.15) is 0 Å². The molecule has 0 unspecified atom stereocenters. The molecule has 0 rings (SSSR count). The summed E-state index contributed by atoms with van der Waals surface area (Å²) in [6.45, 7) is 14.0. The minimum atomic E-state index is 0.00206. The van der Waals surface area contributed by atoms with E-state index in [9.17, 15) is 0 Å². The number of hydrogen-bond acceptors (Lipinski definition) is 1. The molecule has 78 valence electrons. The molecular weight excluding hydrogens is 177 g/mol. The fourth-order valence-electron chi connectivity index (χ4n) is 1.72. The van der Waals surface area contributed by atoms with E-state index >= 15 is 0 Å². The Kier molecular flexibility index (Phi) is 4.59. The quantitative estimate of drug-likeness (QED) is 0.476. The monoisotopic (exact) mass is 201 g/mol. The third kappa shape index (κ3) is 4.76. The van der Waals surface area contributed by atoms with Crippen molar-refractivity contribution >= 4 is 14.1 Å². The third-order valence-corrected chi connectivity index (χ3v) is 5.83. The van der Waals surface area contributed by atoms with Crippen LogP contribution < -0.4 is 0 Å². The normalized spacial score (nSPS) is 14.5. The number of nitrogens with zero attached hydrogens (tertiary/aromatic N) is 1. The second kappa shape index (κ2) is 4.55. The molecule has 0 saturated carbocycles. The molecule has 0 aromatic heterocycles. The highest BCUT2D eigenvalue weighted by atomic mass is 31.1. The second-order valence-electron chi connectivity index (χ2n) is 5.39. The lowest BCUT2D eigenvalue weighted by Crippen LogP contribution is -2.26. The van der Waals surface area contributed by atoms with Crippen LogP contribution in [0.2, 0.25) is 0 Å². The Bertz CT molecular complexity index is 158. The van der Waals surface area contributed by atoms with E-state index in [1.807, 2.05) is 7.05 Å². The number of hydrogen-bond donors (Lipinski definition) is 0. The zero-order valence-corrected chi connectivity index (χ0v) is 11.1. The van der Waals surface area contributed by atoms with Crippen LogP contribution in [0.4, 0.5) is 0 Å². The van der Waals surface area contributed by atoms with Gasteiger partial charge in [0.05, 0.1) is 0 Å². The Morgan fingerprint density at radius 2 is 1.38 bits per heavy atom. The zero-order valence-electron chi connectivity index (χ0n) is 10.2. The van der Waals surface area contributed by atoms with Gasteiger partial charge in [0.2, 0.25) is 0 Å². The smallest absolute Gasteiger partial charge is 0.0273 e. The van der Waals surface area contributed by atoms with Crippen molar-refractivity contribution in [3.05, 3.63) is 0 Å². The molecule has 0 atom stereocenters. The molecule has 0 bridgehead atoms. The van der Waals surface area contributed by atoms with E-state index in [1.54, 1.807) is 0 Å². The molecule has 0 aromatic rings. The molecule has 0 spiro atoms. The summed E-state index contributed by atoms with van der Waals surface area (Å²) < 4.78 is 0. The number of aliphatic imine (C=N–C) groups is 1. The van der Waals surface area contributed by atoms with Crippen LogP contribution in [0.25, 0.3) is 0 Å². The van der Waals surface area contributed by atoms with Crippen LogP contribution in [0, 0.1) is 0 Å². The van der Waals surface area contributed by atoms with Crippen molar-refractivity contribution in [3.8, 4) is 0 Å². The topological polar surface area (TPSA) is 12.4 Å². The van der Waals surface area contributed by atoms with Gasteiger partial charge in [-0.25, -0.2) is 0 Å². The molecule has 1 nitrogen and oxygen atoms in total. The van der Waals surface area contributed by atoms with Crippen LogP contribution in [-0.4, -0.2) is 29.7 Å². The van der Waals surface area contributed by atoms with Crippen molar-refractivity contribution in [3.63, 3.8) is 0 Å². The van der Waals surface area contributed by atoms with Crippen LogP contribution in [0.1, 0.15) is 41.5 Å². The van der Waals surface area contributed by atoms with Gasteiger partial charge in [-0.1, -0.05) is 49.5 Å². The van der Waals surface area contributed by atoms with Gasteiger partial charge in [-0.05, 0) is 10.3 Å². The Balaban J connectivity index is 4.57. The molecule has 0 heterocycles. The molecule has 13 heavy (non-hydrogen) atoms. The first-order chi connectivity index (χ1) is 5.69. The summed E-state index contributed by atoms with van der Waals surface area (Å²) in [5.74, 6) is 0. The van der Waals surface area contributed by atoms with Crippen molar-refractivity contribution in [1.29, 1.82) is 0 Å². The molecular formula is C11H24NP. The van der Waals surface area contributed by atoms with E-state index < -0.39 is 0 Å². The van der Waals surface area contributed by atoms with Gasteiger partial charge >= 0.3 is 0 Å². The maximum absolute atomic E-state index is 4.09. The molecule has 0 aliphatic heterocycles. The number of rotatable bonds is 2. The molecule has 0 saturated heterocycles.